The molecule has 0 unspecified atom stereocenters. The van der Waals surface area contributed by atoms with Gasteiger partial charge >= 0.3 is 5.69 Å². The van der Waals surface area contributed by atoms with Crippen LogP contribution in [0.2, 0.25) is 0 Å². The fourth-order valence-electron chi connectivity index (χ4n) is 1.41. The number of H-pyrrole nitrogens is 2. The first kappa shape index (κ1) is 10.8. The summed E-state index contributed by atoms with van der Waals surface area (Å²) < 4.78 is 0.441. The van der Waals surface area contributed by atoms with Crippen molar-refractivity contribution in [1.82, 2.24) is 19.9 Å². The second-order valence-corrected chi connectivity index (χ2v) is 3.92. The molecule has 3 rings (SSSR count). The molecule has 2 N–H and O–H groups in total. The Kier molecular flexibility index (Phi) is 2.49. The highest BCUT2D eigenvalue weighted by molar-refractivity contribution is 7.25. The van der Waals surface area contributed by atoms with Crippen LogP contribution < -0.4 is 11.2 Å². The monoisotopic (exact) mass is 256 g/mol. The number of halogens is 1. The van der Waals surface area contributed by atoms with Crippen LogP contribution in [-0.4, -0.2) is 19.9 Å². The highest BCUT2D eigenvalue weighted by atomic mass is 35.5. The second-order valence-electron chi connectivity index (χ2n) is 2.92. The molecule has 0 aliphatic rings. The molecule has 0 aliphatic carbocycles. The van der Waals surface area contributed by atoms with Crippen LogP contribution in [0.3, 0.4) is 0 Å². The Balaban J connectivity index is 0.000000963. The molecule has 0 saturated heterocycles. The maximum Gasteiger partial charge on any atom is 0.326 e. The lowest BCUT2D eigenvalue weighted by Crippen LogP contribution is -2.20. The van der Waals surface area contributed by atoms with E-state index in [2.05, 4.69) is 19.9 Å². The fraction of sp³-hybridized carbons (Fsp3) is 0. The molecule has 0 atom stereocenters. The van der Waals surface area contributed by atoms with Crippen molar-refractivity contribution in [3.63, 3.8) is 0 Å². The van der Waals surface area contributed by atoms with Crippen molar-refractivity contribution in [3.05, 3.63) is 33.2 Å². The standard InChI is InChI=1S/C8H4N4O2S.ClH/c13-6-5-3(11-8(14)12-6)4-7(15-5)10-2-1-9-4;/h1-2H,(H2,11,12,13,14);1H. The summed E-state index contributed by atoms with van der Waals surface area (Å²) in [5, 5.41) is 0. The first-order chi connectivity index (χ1) is 7.25. The van der Waals surface area contributed by atoms with Gasteiger partial charge < -0.3 is 4.98 Å². The van der Waals surface area contributed by atoms with Crippen LogP contribution in [0.4, 0.5) is 0 Å². The van der Waals surface area contributed by atoms with Gasteiger partial charge in [0.2, 0.25) is 0 Å². The van der Waals surface area contributed by atoms with E-state index in [1.54, 1.807) is 6.20 Å². The zero-order valence-corrected chi connectivity index (χ0v) is 9.32. The average Bonchev–Trinajstić information content (AvgIpc) is 2.57. The Morgan fingerprint density at radius 1 is 1.12 bits per heavy atom. The minimum absolute atomic E-state index is 0. The summed E-state index contributed by atoms with van der Waals surface area (Å²) >= 11 is 1.21. The molecule has 3 aromatic rings. The Hall–Kier alpha value is -1.73. The molecule has 82 valence electrons. The van der Waals surface area contributed by atoms with E-state index in [4.69, 9.17) is 0 Å². The van der Waals surface area contributed by atoms with Gasteiger partial charge in [-0.1, -0.05) is 0 Å². The maximum atomic E-state index is 11.4. The Morgan fingerprint density at radius 3 is 2.69 bits per heavy atom. The Morgan fingerprint density at radius 2 is 1.88 bits per heavy atom. The summed E-state index contributed by atoms with van der Waals surface area (Å²) in [7, 11) is 0. The van der Waals surface area contributed by atoms with E-state index in [0.29, 0.717) is 20.6 Å². The van der Waals surface area contributed by atoms with Gasteiger partial charge in [0.25, 0.3) is 5.56 Å². The number of hydrogen-bond acceptors (Lipinski definition) is 5. The number of thiophene rings is 1. The third-order valence-electron chi connectivity index (χ3n) is 2.00. The third-order valence-corrected chi connectivity index (χ3v) is 3.08. The van der Waals surface area contributed by atoms with Gasteiger partial charge in [-0.3, -0.25) is 9.78 Å². The maximum absolute atomic E-state index is 11.4. The molecule has 0 bridgehead atoms. The SMILES string of the molecule is Cl.O=c1[nH]c(=O)c2sc3nccnc3c2[nH]1. The van der Waals surface area contributed by atoms with Gasteiger partial charge in [-0.2, -0.15) is 0 Å². The summed E-state index contributed by atoms with van der Waals surface area (Å²) in [5.74, 6) is 0. The smallest absolute Gasteiger partial charge is 0.304 e. The summed E-state index contributed by atoms with van der Waals surface area (Å²) in [6.45, 7) is 0. The summed E-state index contributed by atoms with van der Waals surface area (Å²) in [5.41, 5.74) is 0.0777. The van der Waals surface area contributed by atoms with Crippen LogP contribution in [0.25, 0.3) is 20.6 Å². The van der Waals surface area contributed by atoms with E-state index in [1.165, 1.54) is 17.5 Å². The van der Waals surface area contributed by atoms with Crippen molar-refractivity contribution in [3.8, 4) is 0 Å². The van der Waals surface area contributed by atoms with E-state index in [1.807, 2.05) is 0 Å². The molecule has 3 heterocycles. The molecule has 0 radical (unpaired) electrons. The zero-order chi connectivity index (χ0) is 10.4. The summed E-state index contributed by atoms with van der Waals surface area (Å²) in [4.78, 5) is 36.0. The summed E-state index contributed by atoms with van der Waals surface area (Å²) in [6, 6.07) is 0. The van der Waals surface area contributed by atoms with Gasteiger partial charge in [-0.15, -0.1) is 23.7 Å². The quantitative estimate of drug-likeness (QED) is 0.618. The van der Waals surface area contributed by atoms with Gasteiger partial charge in [0.15, 0.2) is 0 Å². The molecule has 0 saturated carbocycles. The largest absolute Gasteiger partial charge is 0.326 e. The lowest BCUT2D eigenvalue weighted by Gasteiger charge is -1.87. The first-order valence-electron chi connectivity index (χ1n) is 4.11. The van der Waals surface area contributed by atoms with Crippen molar-refractivity contribution < 1.29 is 0 Å². The first-order valence-corrected chi connectivity index (χ1v) is 4.93. The molecule has 0 fully saturated rings. The number of aromatic nitrogens is 4. The van der Waals surface area contributed by atoms with Gasteiger partial charge in [0.1, 0.15) is 15.0 Å². The molecule has 16 heavy (non-hydrogen) atoms. The van der Waals surface area contributed by atoms with E-state index in [-0.39, 0.29) is 12.4 Å². The number of hydrogen-bond donors (Lipinski definition) is 2. The van der Waals surface area contributed by atoms with Crippen molar-refractivity contribution in [2.45, 2.75) is 0 Å². The van der Waals surface area contributed by atoms with Crippen LogP contribution in [-0.2, 0) is 0 Å². The highest BCUT2D eigenvalue weighted by Gasteiger charge is 2.10. The van der Waals surface area contributed by atoms with Crippen molar-refractivity contribution in [1.29, 1.82) is 0 Å². The fourth-order valence-corrected chi connectivity index (χ4v) is 2.36. The normalized spacial score (nSPS) is 10.5. The van der Waals surface area contributed by atoms with Crippen molar-refractivity contribution in [2.75, 3.05) is 0 Å². The molecule has 8 heteroatoms. The van der Waals surface area contributed by atoms with Crippen LogP contribution in [0.5, 0.6) is 0 Å². The Labute approximate surface area is 97.8 Å². The summed E-state index contributed by atoms with van der Waals surface area (Å²) in [6.07, 6.45) is 3.07. The van der Waals surface area contributed by atoms with E-state index >= 15 is 0 Å². The molecule has 0 amide bonds. The molecular weight excluding hydrogens is 252 g/mol. The number of aromatic amines is 2. The minimum Gasteiger partial charge on any atom is -0.304 e. The minimum atomic E-state index is -0.530. The van der Waals surface area contributed by atoms with Crippen molar-refractivity contribution in [2.24, 2.45) is 0 Å². The van der Waals surface area contributed by atoms with E-state index in [9.17, 15) is 9.59 Å². The van der Waals surface area contributed by atoms with Crippen LogP contribution in [0, 0.1) is 0 Å². The number of nitrogens with one attached hydrogen (secondary N) is 2. The topological polar surface area (TPSA) is 91.5 Å². The number of fused-ring (bicyclic) bond motifs is 3. The van der Waals surface area contributed by atoms with Crippen LogP contribution in [0.15, 0.2) is 22.0 Å². The molecule has 6 nitrogen and oxygen atoms in total. The van der Waals surface area contributed by atoms with Gasteiger partial charge in [0.05, 0.1) is 5.52 Å². The predicted octanol–water partition coefficient (Wildman–Crippen LogP) is 0.643. The number of rotatable bonds is 0. The lowest BCUT2D eigenvalue weighted by atomic mass is 10.4. The molecule has 3 aromatic heterocycles. The molecule has 0 aromatic carbocycles. The van der Waals surface area contributed by atoms with Crippen LogP contribution in [0.1, 0.15) is 0 Å². The third kappa shape index (κ3) is 1.41. The van der Waals surface area contributed by atoms with Crippen LogP contribution >= 0.6 is 23.7 Å². The van der Waals surface area contributed by atoms with E-state index in [0.717, 1.165) is 0 Å². The predicted molar refractivity (Wildman–Crippen MR) is 63.4 cm³/mol. The second kappa shape index (κ2) is 3.69. The highest BCUT2D eigenvalue weighted by Crippen LogP contribution is 2.25. The average molecular weight is 257 g/mol. The molecular formula is C8H5ClN4O2S. The molecule has 0 spiro atoms. The van der Waals surface area contributed by atoms with E-state index < -0.39 is 11.2 Å². The lowest BCUT2D eigenvalue weighted by molar-refractivity contribution is 1.09. The Bertz CT molecular complexity index is 775. The van der Waals surface area contributed by atoms with Gasteiger partial charge in [-0.25, -0.2) is 14.8 Å². The van der Waals surface area contributed by atoms with Crippen molar-refractivity contribution >= 4 is 44.3 Å². The zero-order valence-electron chi connectivity index (χ0n) is 7.68. The van der Waals surface area contributed by atoms with Gasteiger partial charge in [-0.05, 0) is 0 Å². The molecule has 0 aliphatic heterocycles. The van der Waals surface area contributed by atoms with Gasteiger partial charge in [0, 0.05) is 12.4 Å². The number of nitrogens with zero attached hydrogens (tertiary/aromatic N) is 2.